The zero-order valence-electron chi connectivity index (χ0n) is 19.8. The normalized spacial score (nSPS) is 24.2. The highest BCUT2D eigenvalue weighted by Gasteiger charge is 2.51. The fraction of sp³-hybridized carbons (Fsp3) is 0.696. The number of carbonyl (C=O) groups excluding carboxylic acids is 1. The summed E-state index contributed by atoms with van der Waals surface area (Å²) in [6, 6.07) is 8.55. The van der Waals surface area contributed by atoms with Gasteiger partial charge in [0.15, 0.2) is 0 Å². The van der Waals surface area contributed by atoms with Crippen molar-refractivity contribution in [3.8, 4) is 0 Å². The van der Waals surface area contributed by atoms with Crippen molar-refractivity contribution in [3.63, 3.8) is 0 Å². The summed E-state index contributed by atoms with van der Waals surface area (Å²) in [6.07, 6.45) is -0.225. The van der Waals surface area contributed by atoms with Crippen molar-refractivity contribution < 1.29 is 18.8 Å². The number of hydrogen-bond acceptors (Lipinski definition) is 5. The number of nitrogens with zero attached hydrogens (tertiary/aromatic N) is 2. The topological polar surface area (TPSA) is 51.2 Å². The van der Waals surface area contributed by atoms with E-state index < -0.39 is 5.60 Å². The molecule has 3 rings (SSSR count). The van der Waals surface area contributed by atoms with Crippen molar-refractivity contribution >= 4 is 18.7 Å². The second-order valence-electron chi connectivity index (χ2n) is 10.6. The molecule has 0 bridgehead atoms. The monoisotopic (exact) mass is 416 g/mol. The first-order chi connectivity index (χ1) is 13.8. The lowest BCUT2D eigenvalue weighted by Gasteiger charge is -2.40. The van der Waals surface area contributed by atoms with Gasteiger partial charge in [0.05, 0.1) is 11.2 Å². The first-order valence-electron chi connectivity index (χ1n) is 10.9. The van der Waals surface area contributed by atoms with Gasteiger partial charge < -0.3 is 18.9 Å². The summed E-state index contributed by atoms with van der Waals surface area (Å²) < 4.78 is 17.9. The molecule has 0 aliphatic carbocycles. The van der Waals surface area contributed by atoms with E-state index in [0.29, 0.717) is 6.54 Å². The Labute approximate surface area is 182 Å². The van der Waals surface area contributed by atoms with E-state index in [0.717, 1.165) is 25.1 Å². The van der Waals surface area contributed by atoms with Crippen molar-refractivity contribution in [1.82, 2.24) is 9.80 Å². The van der Waals surface area contributed by atoms with Gasteiger partial charge in [-0.3, -0.25) is 4.90 Å². The number of carbonyl (C=O) groups is 1. The molecule has 6 nitrogen and oxygen atoms in total. The Kier molecular flexibility index (Phi) is 6.29. The lowest BCUT2D eigenvalue weighted by Crippen LogP contribution is -2.54. The predicted octanol–water partition coefficient (Wildman–Crippen LogP) is 3.43. The Morgan fingerprint density at radius 3 is 2.37 bits per heavy atom. The number of benzene rings is 1. The van der Waals surface area contributed by atoms with Crippen LogP contribution in [0.2, 0.25) is 0 Å². The molecule has 166 valence electrons. The van der Waals surface area contributed by atoms with Crippen LogP contribution in [0, 0.1) is 0 Å². The van der Waals surface area contributed by atoms with Gasteiger partial charge in [0.2, 0.25) is 0 Å². The van der Waals surface area contributed by atoms with Crippen LogP contribution in [0.25, 0.3) is 0 Å². The van der Waals surface area contributed by atoms with Crippen LogP contribution in [0.3, 0.4) is 0 Å². The minimum Gasteiger partial charge on any atom is -0.444 e. The van der Waals surface area contributed by atoms with Crippen molar-refractivity contribution in [1.29, 1.82) is 0 Å². The van der Waals surface area contributed by atoms with Crippen molar-refractivity contribution in [3.05, 3.63) is 29.8 Å². The fourth-order valence-corrected chi connectivity index (χ4v) is 3.84. The van der Waals surface area contributed by atoms with E-state index in [1.165, 1.54) is 5.56 Å². The molecular weight excluding hydrogens is 379 g/mol. The molecule has 2 aliphatic rings. The highest BCUT2D eigenvalue weighted by Crippen LogP contribution is 2.36. The lowest BCUT2D eigenvalue weighted by molar-refractivity contribution is 0.000559. The molecule has 2 fully saturated rings. The van der Waals surface area contributed by atoms with E-state index in [1.54, 1.807) is 0 Å². The molecule has 0 aromatic heterocycles. The van der Waals surface area contributed by atoms with Gasteiger partial charge in [-0.05, 0) is 66.4 Å². The van der Waals surface area contributed by atoms with Crippen LogP contribution in [0.4, 0.5) is 4.79 Å². The van der Waals surface area contributed by atoms with E-state index in [-0.39, 0.29) is 30.5 Å². The van der Waals surface area contributed by atoms with Gasteiger partial charge in [-0.25, -0.2) is 4.79 Å². The third-order valence-corrected chi connectivity index (χ3v) is 6.22. The molecule has 0 saturated carbocycles. The van der Waals surface area contributed by atoms with Gasteiger partial charge in [-0.2, -0.15) is 0 Å². The molecule has 0 spiro atoms. The fourth-order valence-electron chi connectivity index (χ4n) is 3.84. The van der Waals surface area contributed by atoms with Crippen LogP contribution < -0.4 is 5.46 Å². The first kappa shape index (κ1) is 23.1. The van der Waals surface area contributed by atoms with Crippen molar-refractivity contribution in [2.45, 2.75) is 84.8 Å². The summed E-state index contributed by atoms with van der Waals surface area (Å²) in [5.41, 5.74) is 1.11. The molecule has 2 saturated heterocycles. The quantitative estimate of drug-likeness (QED) is 0.707. The average molecular weight is 416 g/mol. The maximum absolute atomic E-state index is 12.4. The lowest BCUT2D eigenvalue weighted by atomic mass is 9.78. The van der Waals surface area contributed by atoms with E-state index in [1.807, 2.05) is 25.7 Å². The highest BCUT2D eigenvalue weighted by molar-refractivity contribution is 6.62. The van der Waals surface area contributed by atoms with E-state index >= 15 is 0 Å². The molecule has 1 aromatic rings. The summed E-state index contributed by atoms with van der Waals surface area (Å²) in [6.45, 7) is 19.2. The standard InChI is InChI=1S/C23H37BN2O4/c1-17-15-25(12-13-26(17)20(27)28-21(2,3)4)16-18-10-9-11-19(14-18)24-29-22(5,6)23(7,8)30-24/h9-11,14,17H,12-13,15-16H2,1-8H3. The Hall–Kier alpha value is -1.57. The summed E-state index contributed by atoms with van der Waals surface area (Å²) >= 11 is 0. The average Bonchev–Trinajstić information content (AvgIpc) is 2.81. The summed E-state index contributed by atoms with van der Waals surface area (Å²) in [4.78, 5) is 16.7. The second-order valence-corrected chi connectivity index (χ2v) is 10.6. The Bertz CT molecular complexity index is 759. The molecule has 7 heteroatoms. The number of amides is 1. The van der Waals surface area contributed by atoms with Crippen LogP contribution in [0.5, 0.6) is 0 Å². The maximum atomic E-state index is 12.4. The number of rotatable bonds is 3. The maximum Gasteiger partial charge on any atom is 0.494 e. The largest absolute Gasteiger partial charge is 0.494 e. The van der Waals surface area contributed by atoms with Gasteiger partial charge in [0, 0.05) is 32.2 Å². The van der Waals surface area contributed by atoms with Gasteiger partial charge in [-0.15, -0.1) is 0 Å². The zero-order chi connectivity index (χ0) is 22.3. The molecule has 1 aromatic carbocycles. The number of hydrogen-bond donors (Lipinski definition) is 0. The minimum atomic E-state index is -0.470. The van der Waals surface area contributed by atoms with Crippen LogP contribution in [-0.2, 0) is 20.6 Å². The zero-order valence-corrected chi connectivity index (χ0v) is 19.8. The molecule has 1 amide bonds. The molecule has 0 radical (unpaired) electrons. The van der Waals surface area contributed by atoms with E-state index in [4.69, 9.17) is 14.0 Å². The number of ether oxygens (including phenoxy) is 1. The van der Waals surface area contributed by atoms with E-state index in [2.05, 4.69) is 63.8 Å². The Balaban J connectivity index is 1.61. The molecule has 2 heterocycles. The molecule has 30 heavy (non-hydrogen) atoms. The van der Waals surface area contributed by atoms with Gasteiger partial charge in [0.1, 0.15) is 5.60 Å². The van der Waals surface area contributed by atoms with Crippen LogP contribution in [-0.4, -0.2) is 65.5 Å². The summed E-state index contributed by atoms with van der Waals surface area (Å²) in [5.74, 6) is 0. The van der Waals surface area contributed by atoms with Crippen LogP contribution >= 0.6 is 0 Å². The molecular formula is C23H37BN2O4. The van der Waals surface area contributed by atoms with Crippen LogP contribution in [0.15, 0.2) is 24.3 Å². The van der Waals surface area contributed by atoms with Gasteiger partial charge in [0.25, 0.3) is 0 Å². The molecule has 1 atom stereocenters. The van der Waals surface area contributed by atoms with Crippen LogP contribution in [0.1, 0.15) is 61.0 Å². The Morgan fingerprint density at radius 1 is 1.17 bits per heavy atom. The van der Waals surface area contributed by atoms with Gasteiger partial charge in [-0.1, -0.05) is 24.3 Å². The van der Waals surface area contributed by atoms with E-state index in [9.17, 15) is 4.79 Å². The molecule has 1 unspecified atom stereocenters. The summed E-state index contributed by atoms with van der Waals surface area (Å²) in [5, 5.41) is 0. The highest BCUT2D eigenvalue weighted by atomic mass is 16.7. The first-order valence-corrected chi connectivity index (χ1v) is 10.9. The molecule has 2 aliphatic heterocycles. The number of piperazine rings is 1. The minimum absolute atomic E-state index is 0.111. The van der Waals surface area contributed by atoms with Gasteiger partial charge >= 0.3 is 13.2 Å². The van der Waals surface area contributed by atoms with Crippen molar-refractivity contribution in [2.24, 2.45) is 0 Å². The molecule has 0 N–H and O–H groups in total. The second kappa shape index (κ2) is 8.17. The SMILES string of the molecule is CC1CN(Cc2cccc(B3OC(C)(C)C(C)(C)O3)c2)CCN1C(=O)OC(C)(C)C. The third-order valence-electron chi connectivity index (χ3n) is 6.22. The summed E-state index contributed by atoms with van der Waals surface area (Å²) in [7, 11) is -0.349. The smallest absolute Gasteiger partial charge is 0.444 e. The predicted molar refractivity (Wildman–Crippen MR) is 120 cm³/mol. The van der Waals surface area contributed by atoms with Crippen molar-refractivity contribution in [2.75, 3.05) is 19.6 Å². The Morgan fingerprint density at radius 2 is 1.80 bits per heavy atom. The third kappa shape index (κ3) is 5.18.